The number of hydrogen-bond acceptors (Lipinski definition) is 2. The summed E-state index contributed by atoms with van der Waals surface area (Å²) in [5, 5.41) is 0. The first-order chi connectivity index (χ1) is 6.50. The van der Waals surface area contributed by atoms with Crippen LogP contribution in [0.25, 0.3) is 0 Å². The first-order valence-electron chi connectivity index (χ1n) is 5.50. The van der Waals surface area contributed by atoms with Crippen LogP contribution in [-0.2, 0) is 4.79 Å². The molecule has 0 aromatic carbocycles. The molecule has 0 radical (unpaired) electrons. The molecule has 3 unspecified atom stereocenters. The van der Waals surface area contributed by atoms with Crippen LogP contribution >= 0.6 is 0 Å². The Balaban J connectivity index is 2.16. The van der Waals surface area contributed by atoms with E-state index in [4.69, 9.17) is 5.73 Å². The highest BCUT2D eigenvalue weighted by Crippen LogP contribution is 2.37. The highest BCUT2D eigenvalue weighted by Gasteiger charge is 2.33. The fraction of sp³-hybridized carbons (Fsp3) is 0.909. The number of carbonyl (C=O) groups excluding carboxylic acids is 1. The predicted octanol–water partition coefficient (Wildman–Crippen LogP) is 1.23. The van der Waals surface area contributed by atoms with Gasteiger partial charge in [-0.25, -0.2) is 0 Å². The van der Waals surface area contributed by atoms with Crippen molar-refractivity contribution in [3.05, 3.63) is 0 Å². The summed E-state index contributed by atoms with van der Waals surface area (Å²) in [6, 6.07) is 0.132. The Labute approximate surface area is 86.6 Å². The lowest BCUT2D eigenvalue weighted by Crippen LogP contribution is -2.30. The number of nitrogens with two attached hydrogens (primary N) is 1. The van der Waals surface area contributed by atoms with E-state index in [-0.39, 0.29) is 11.9 Å². The summed E-state index contributed by atoms with van der Waals surface area (Å²) in [7, 11) is 1.90. The molecule has 0 bridgehead atoms. The van der Waals surface area contributed by atoms with E-state index in [2.05, 4.69) is 6.92 Å². The first kappa shape index (κ1) is 11.5. The van der Waals surface area contributed by atoms with Gasteiger partial charge in [-0.15, -0.1) is 0 Å². The van der Waals surface area contributed by atoms with Crippen LogP contribution in [0.15, 0.2) is 0 Å². The standard InChI is InChI=1S/C11H22N2O/c1-8-6-10(8)7-13(3)11(14)5-4-9(2)12/h8-10H,4-7,12H2,1-3H3. The maximum Gasteiger partial charge on any atom is 0.222 e. The normalized spacial score (nSPS) is 27.1. The number of rotatable bonds is 5. The number of hydrogen-bond donors (Lipinski definition) is 1. The minimum atomic E-state index is 0.132. The maximum absolute atomic E-state index is 11.6. The molecule has 1 aliphatic rings. The zero-order valence-corrected chi connectivity index (χ0v) is 9.49. The molecule has 3 atom stereocenters. The molecule has 1 saturated carbocycles. The Kier molecular flexibility index (Phi) is 3.93. The first-order valence-corrected chi connectivity index (χ1v) is 5.50. The molecule has 0 aromatic rings. The minimum Gasteiger partial charge on any atom is -0.345 e. The van der Waals surface area contributed by atoms with Gasteiger partial charge in [0.05, 0.1) is 0 Å². The van der Waals surface area contributed by atoms with Crippen LogP contribution < -0.4 is 5.73 Å². The molecule has 2 N–H and O–H groups in total. The Hall–Kier alpha value is -0.570. The SMILES string of the molecule is CC(N)CCC(=O)N(C)CC1CC1C. The van der Waals surface area contributed by atoms with Gasteiger partial charge in [-0.2, -0.15) is 0 Å². The Morgan fingerprint density at radius 1 is 1.64 bits per heavy atom. The van der Waals surface area contributed by atoms with Gasteiger partial charge in [0.25, 0.3) is 0 Å². The molecule has 1 rings (SSSR count). The molecule has 0 heterocycles. The minimum absolute atomic E-state index is 0.132. The summed E-state index contributed by atoms with van der Waals surface area (Å²) >= 11 is 0. The Bertz CT molecular complexity index is 203. The predicted molar refractivity (Wildman–Crippen MR) is 57.8 cm³/mol. The van der Waals surface area contributed by atoms with Crippen molar-refractivity contribution in [3.63, 3.8) is 0 Å². The summed E-state index contributed by atoms with van der Waals surface area (Å²) in [5.41, 5.74) is 5.61. The van der Waals surface area contributed by atoms with E-state index >= 15 is 0 Å². The fourth-order valence-corrected chi connectivity index (χ4v) is 1.65. The zero-order valence-electron chi connectivity index (χ0n) is 9.49. The van der Waals surface area contributed by atoms with Gasteiger partial charge >= 0.3 is 0 Å². The van der Waals surface area contributed by atoms with Crippen molar-refractivity contribution in [2.75, 3.05) is 13.6 Å². The molecule has 0 aromatic heterocycles. The van der Waals surface area contributed by atoms with Crippen molar-refractivity contribution >= 4 is 5.91 Å². The number of amides is 1. The van der Waals surface area contributed by atoms with Crippen molar-refractivity contribution in [2.24, 2.45) is 17.6 Å². The third-order valence-corrected chi connectivity index (χ3v) is 3.02. The maximum atomic E-state index is 11.6. The number of carbonyl (C=O) groups is 1. The van der Waals surface area contributed by atoms with E-state index in [1.165, 1.54) is 6.42 Å². The molecule has 82 valence electrons. The lowest BCUT2D eigenvalue weighted by Gasteiger charge is -2.17. The van der Waals surface area contributed by atoms with Crippen LogP contribution in [0.5, 0.6) is 0 Å². The second-order valence-electron chi connectivity index (χ2n) is 4.76. The van der Waals surface area contributed by atoms with E-state index in [1.54, 1.807) is 0 Å². The van der Waals surface area contributed by atoms with E-state index < -0.39 is 0 Å². The van der Waals surface area contributed by atoms with Crippen LogP contribution in [0.2, 0.25) is 0 Å². The number of nitrogens with zero attached hydrogens (tertiary/aromatic N) is 1. The summed E-state index contributed by atoms with van der Waals surface area (Å²) < 4.78 is 0. The zero-order chi connectivity index (χ0) is 10.7. The van der Waals surface area contributed by atoms with Crippen molar-refractivity contribution in [1.29, 1.82) is 0 Å². The topological polar surface area (TPSA) is 46.3 Å². The molecule has 1 aliphatic carbocycles. The molecular formula is C11H22N2O. The largest absolute Gasteiger partial charge is 0.345 e. The smallest absolute Gasteiger partial charge is 0.222 e. The van der Waals surface area contributed by atoms with E-state index in [9.17, 15) is 4.79 Å². The van der Waals surface area contributed by atoms with Gasteiger partial charge in [0.2, 0.25) is 5.91 Å². The quantitative estimate of drug-likeness (QED) is 0.722. The van der Waals surface area contributed by atoms with Crippen molar-refractivity contribution < 1.29 is 4.79 Å². The summed E-state index contributed by atoms with van der Waals surface area (Å²) in [5.74, 6) is 1.80. The third kappa shape index (κ3) is 3.66. The summed E-state index contributed by atoms with van der Waals surface area (Å²) in [6.45, 7) is 5.11. The average molecular weight is 198 g/mol. The third-order valence-electron chi connectivity index (χ3n) is 3.02. The lowest BCUT2D eigenvalue weighted by molar-refractivity contribution is -0.130. The second kappa shape index (κ2) is 4.78. The van der Waals surface area contributed by atoms with E-state index in [0.717, 1.165) is 24.8 Å². The molecule has 3 heteroatoms. The van der Waals surface area contributed by atoms with Crippen molar-refractivity contribution in [2.45, 2.75) is 39.2 Å². The van der Waals surface area contributed by atoms with Crippen LogP contribution in [0.3, 0.4) is 0 Å². The van der Waals surface area contributed by atoms with Crippen LogP contribution in [-0.4, -0.2) is 30.4 Å². The van der Waals surface area contributed by atoms with Gasteiger partial charge in [-0.1, -0.05) is 6.92 Å². The van der Waals surface area contributed by atoms with E-state index in [0.29, 0.717) is 6.42 Å². The summed E-state index contributed by atoms with van der Waals surface area (Å²) in [6.07, 6.45) is 2.67. The second-order valence-corrected chi connectivity index (χ2v) is 4.76. The van der Waals surface area contributed by atoms with Gasteiger partial charge in [0.1, 0.15) is 0 Å². The highest BCUT2D eigenvalue weighted by molar-refractivity contribution is 5.75. The van der Waals surface area contributed by atoms with Crippen LogP contribution in [0.4, 0.5) is 0 Å². The molecule has 1 amide bonds. The van der Waals surface area contributed by atoms with Crippen LogP contribution in [0, 0.1) is 11.8 Å². The van der Waals surface area contributed by atoms with Crippen molar-refractivity contribution in [3.8, 4) is 0 Å². The van der Waals surface area contributed by atoms with Gasteiger partial charge in [0.15, 0.2) is 0 Å². The molecule has 0 aliphatic heterocycles. The van der Waals surface area contributed by atoms with Gasteiger partial charge in [0, 0.05) is 26.1 Å². The van der Waals surface area contributed by atoms with Gasteiger partial charge in [-0.05, 0) is 31.6 Å². The van der Waals surface area contributed by atoms with E-state index in [1.807, 2.05) is 18.9 Å². The highest BCUT2D eigenvalue weighted by atomic mass is 16.2. The molecule has 14 heavy (non-hydrogen) atoms. The van der Waals surface area contributed by atoms with Gasteiger partial charge < -0.3 is 10.6 Å². The monoisotopic (exact) mass is 198 g/mol. The average Bonchev–Trinajstić information content (AvgIpc) is 2.77. The van der Waals surface area contributed by atoms with Gasteiger partial charge in [-0.3, -0.25) is 4.79 Å². The molecule has 0 saturated heterocycles. The fourth-order valence-electron chi connectivity index (χ4n) is 1.65. The van der Waals surface area contributed by atoms with Crippen molar-refractivity contribution in [1.82, 2.24) is 4.90 Å². The molecule has 1 fully saturated rings. The Morgan fingerprint density at radius 3 is 2.64 bits per heavy atom. The Morgan fingerprint density at radius 2 is 2.21 bits per heavy atom. The molecule has 3 nitrogen and oxygen atoms in total. The molecule has 0 spiro atoms. The lowest BCUT2D eigenvalue weighted by atomic mass is 10.2. The van der Waals surface area contributed by atoms with Crippen LogP contribution in [0.1, 0.15) is 33.1 Å². The summed E-state index contributed by atoms with van der Waals surface area (Å²) in [4.78, 5) is 13.4. The molecular weight excluding hydrogens is 176 g/mol.